The molecular formula is C15H20ClNO3S. The van der Waals surface area contributed by atoms with Crippen molar-refractivity contribution in [2.45, 2.75) is 51.7 Å². The Balaban J connectivity index is 1.99. The molecule has 1 aliphatic heterocycles. The number of hydrogen-bond acceptors (Lipinski definition) is 4. The van der Waals surface area contributed by atoms with Crippen molar-refractivity contribution >= 4 is 34.8 Å². The number of halogens is 1. The van der Waals surface area contributed by atoms with E-state index in [2.05, 4.69) is 0 Å². The van der Waals surface area contributed by atoms with E-state index in [0.29, 0.717) is 22.2 Å². The van der Waals surface area contributed by atoms with Crippen LogP contribution in [-0.2, 0) is 4.74 Å². The van der Waals surface area contributed by atoms with Gasteiger partial charge in [0.15, 0.2) is 5.78 Å². The van der Waals surface area contributed by atoms with Crippen LogP contribution in [0.2, 0.25) is 4.34 Å². The highest BCUT2D eigenvalue weighted by molar-refractivity contribution is 7.18. The van der Waals surface area contributed by atoms with Gasteiger partial charge in [0, 0.05) is 19.0 Å². The Labute approximate surface area is 134 Å². The van der Waals surface area contributed by atoms with Crippen molar-refractivity contribution in [1.82, 2.24) is 4.90 Å². The maximum absolute atomic E-state index is 12.2. The molecule has 1 saturated heterocycles. The first-order valence-electron chi connectivity index (χ1n) is 7.04. The second-order valence-corrected chi connectivity index (χ2v) is 7.92. The van der Waals surface area contributed by atoms with Crippen LogP contribution < -0.4 is 0 Å². The number of amides is 1. The third-order valence-electron chi connectivity index (χ3n) is 3.27. The summed E-state index contributed by atoms with van der Waals surface area (Å²) in [5.41, 5.74) is -0.518. The first kappa shape index (κ1) is 16.3. The first-order valence-corrected chi connectivity index (χ1v) is 8.24. The maximum Gasteiger partial charge on any atom is 0.410 e. The Morgan fingerprint density at radius 3 is 2.71 bits per heavy atom. The lowest BCUT2D eigenvalue weighted by atomic mass is 10.1. The Bertz CT molecular complexity index is 535. The van der Waals surface area contributed by atoms with Gasteiger partial charge in [-0.15, -0.1) is 11.3 Å². The summed E-state index contributed by atoms with van der Waals surface area (Å²) < 4.78 is 6.01. The van der Waals surface area contributed by atoms with Crippen LogP contribution in [0.5, 0.6) is 0 Å². The minimum Gasteiger partial charge on any atom is -0.444 e. The Morgan fingerprint density at radius 1 is 1.43 bits per heavy atom. The quantitative estimate of drug-likeness (QED) is 0.773. The number of carbonyl (C=O) groups excluding carboxylic acids is 2. The van der Waals surface area contributed by atoms with E-state index in [0.717, 1.165) is 12.8 Å². The number of thiophene rings is 1. The Morgan fingerprint density at radius 2 is 2.14 bits per heavy atom. The molecule has 0 bridgehead atoms. The van der Waals surface area contributed by atoms with Crippen LogP contribution in [0.15, 0.2) is 12.1 Å². The Kier molecular flexibility index (Phi) is 4.94. The summed E-state index contributed by atoms with van der Waals surface area (Å²) in [4.78, 5) is 26.7. The molecule has 1 atom stereocenters. The summed E-state index contributed by atoms with van der Waals surface area (Å²) in [5, 5.41) is 0. The molecule has 6 heteroatoms. The number of rotatable bonds is 3. The number of ketones is 1. The minimum absolute atomic E-state index is 0.0346. The largest absolute Gasteiger partial charge is 0.444 e. The number of nitrogens with zero attached hydrogens (tertiary/aromatic N) is 1. The molecule has 2 heterocycles. The van der Waals surface area contributed by atoms with E-state index in [1.807, 2.05) is 20.8 Å². The van der Waals surface area contributed by atoms with Crippen LogP contribution in [0.3, 0.4) is 0 Å². The fourth-order valence-electron chi connectivity index (χ4n) is 2.39. The molecule has 1 unspecified atom stereocenters. The topological polar surface area (TPSA) is 46.6 Å². The van der Waals surface area contributed by atoms with Crippen LogP contribution in [-0.4, -0.2) is 35.0 Å². The summed E-state index contributed by atoms with van der Waals surface area (Å²) in [5.74, 6) is 0.0346. The standard InChI is InChI=1S/C15H20ClNO3S/c1-15(2,3)20-14(19)17-8-4-5-10(17)9-11(18)12-6-7-13(16)21-12/h6-7,10H,4-5,8-9H2,1-3H3. The van der Waals surface area contributed by atoms with E-state index in [4.69, 9.17) is 16.3 Å². The molecule has 1 aromatic heterocycles. The van der Waals surface area contributed by atoms with E-state index in [9.17, 15) is 9.59 Å². The fraction of sp³-hybridized carbons (Fsp3) is 0.600. The number of carbonyl (C=O) groups is 2. The lowest BCUT2D eigenvalue weighted by molar-refractivity contribution is 0.0223. The second-order valence-electron chi connectivity index (χ2n) is 6.20. The van der Waals surface area contributed by atoms with Gasteiger partial charge in [-0.1, -0.05) is 11.6 Å². The van der Waals surface area contributed by atoms with E-state index in [1.165, 1.54) is 11.3 Å². The number of likely N-dealkylation sites (tertiary alicyclic amines) is 1. The molecule has 0 N–H and O–H groups in total. The zero-order valence-electron chi connectivity index (χ0n) is 12.5. The fourth-order valence-corrected chi connectivity index (χ4v) is 3.38. The number of Topliss-reactive ketones (excluding diaryl/α,β-unsaturated/α-hetero) is 1. The minimum atomic E-state index is -0.518. The first-order chi connectivity index (χ1) is 9.76. The third-order valence-corrected chi connectivity index (χ3v) is 4.55. The van der Waals surface area contributed by atoms with Gasteiger partial charge in [-0.25, -0.2) is 4.79 Å². The lowest BCUT2D eigenvalue weighted by Crippen LogP contribution is -2.40. The average Bonchev–Trinajstić information content (AvgIpc) is 2.95. The zero-order chi connectivity index (χ0) is 15.6. The van der Waals surface area contributed by atoms with Crippen LogP contribution in [0.1, 0.15) is 49.7 Å². The molecule has 116 valence electrons. The highest BCUT2D eigenvalue weighted by Gasteiger charge is 2.33. The van der Waals surface area contributed by atoms with Crippen LogP contribution in [0.4, 0.5) is 4.79 Å². The van der Waals surface area contributed by atoms with E-state index in [1.54, 1.807) is 17.0 Å². The summed E-state index contributed by atoms with van der Waals surface area (Å²) in [6.07, 6.45) is 1.74. The highest BCUT2D eigenvalue weighted by Crippen LogP contribution is 2.27. The molecule has 0 aliphatic carbocycles. The molecule has 21 heavy (non-hydrogen) atoms. The van der Waals surface area contributed by atoms with E-state index < -0.39 is 5.60 Å². The molecule has 1 aromatic rings. The van der Waals surface area contributed by atoms with Crippen molar-refractivity contribution in [3.05, 3.63) is 21.3 Å². The molecule has 1 aliphatic rings. The van der Waals surface area contributed by atoms with Crippen molar-refractivity contribution in [2.24, 2.45) is 0 Å². The van der Waals surface area contributed by atoms with Gasteiger partial charge in [0.25, 0.3) is 0 Å². The van der Waals surface area contributed by atoms with Crippen molar-refractivity contribution in [3.63, 3.8) is 0 Å². The average molecular weight is 330 g/mol. The van der Waals surface area contributed by atoms with Gasteiger partial charge < -0.3 is 9.64 Å². The highest BCUT2D eigenvalue weighted by atomic mass is 35.5. The molecular weight excluding hydrogens is 310 g/mol. The van der Waals surface area contributed by atoms with E-state index in [-0.39, 0.29) is 17.9 Å². The second kappa shape index (κ2) is 6.36. The summed E-state index contributed by atoms with van der Waals surface area (Å²) in [7, 11) is 0. The predicted molar refractivity (Wildman–Crippen MR) is 84.2 cm³/mol. The van der Waals surface area contributed by atoms with Gasteiger partial charge in [0.05, 0.1) is 9.21 Å². The molecule has 0 aromatic carbocycles. The zero-order valence-corrected chi connectivity index (χ0v) is 14.1. The van der Waals surface area contributed by atoms with Gasteiger partial charge in [0.1, 0.15) is 5.60 Å². The van der Waals surface area contributed by atoms with Gasteiger partial charge in [-0.3, -0.25) is 4.79 Å². The van der Waals surface area contributed by atoms with Crippen molar-refractivity contribution in [1.29, 1.82) is 0 Å². The summed E-state index contributed by atoms with van der Waals surface area (Å²) >= 11 is 7.13. The molecule has 4 nitrogen and oxygen atoms in total. The predicted octanol–water partition coefficient (Wildman–Crippen LogP) is 4.37. The molecule has 2 rings (SSSR count). The lowest BCUT2D eigenvalue weighted by Gasteiger charge is -2.28. The molecule has 1 amide bonds. The van der Waals surface area contributed by atoms with Crippen LogP contribution in [0, 0.1) is 0 Å². The number of hydrogen-bond donors (Lipinski definition) is 0. The van der Waals surface area contributed by atoms with E-state index >= 15 is 0 Å². The number of ether oxygens (including phenoxy) is 1. The Hall–Kier alpha value is -1.07. The summed E-state index contributed by atoms with van der Waals surface area (Å²) in [6, 6.07) is 3.38. The molecule has 0 spiro atoms. The van der Waals surface area contributed by atoms with Crippen LogP contribution in [0.25, 0.3) is 0 Å². The smallest absolute Gasteiger partial charge is 0.410 e. The van der Waals surface area contributed by atoms with Gasteiger partial charge in [-0.05, 0) is 45.7 Å². The van der Waals surface area contributed by atoms with Gasteiger partial charge >= 0.3 is 6.09 Å². The maximum atomic E-state index is 12.2. The van der Waals surface area contributed by atoms with Crippen molar-refractivity contribution < 1.29 is 14.3 Å². The van der Waals surface area contributed by atoms with Gasteiger partial charge in [-0.2, -0.15) is 0 Å². The SMILES string of the molecule is CC(C)(C)OC(=O)N1CCCC1CC(=O)c1ccc(Cl)s1. The normalized spacial score (nSPS) is 18.9. The third kappa shape index (κ3) is 4.45. The molecule has 0 radical (unpaired) electrons. The van der Waals surface area contributed by atoms with Crippen molar-refractivity contribution in [2.75, 3.05) is 6.54 Å². The molecule has 0 saturated carbocycles. The van der Waals surface area contributed by atoms with Crippen molar-refractivity contribution in [3.8, 4) is 0 Å². The van der Waals surface area contributed by atoms with Gasteiger partial charge in [0.2, 0.25) is 0 Å². The molecule has 1 fully saturated rings. The monoisotopic (exact) mass is 329 g/mol. The summed E-state index contributed by atoms with van der Waals surface area (Å²) in [6.45, 7) is 6.18. The van der Waals surface area contributed by atoms with Crippen LogP contribution >= 0.6 is 22.9 Å².